The summed E-state index contributed by atoms with van der Waals surface area (Å²) in [5, 5.41) is 0. The van der Waals surface area contributed by atoms with Crippen LogP contribution in [0.5, 0.6) is 0 Å². The number of para-hydroxylation sites is 1. The second-order valence-corrected chi connectivity index (χ2v) is 7.02. The summed E-state index contributed by atoms with van der Waals surface area (Å²) in [6.07, 6.45) is 5.19. The number of likely N-dealkylation sites (N-methyl/N-ethyl adjacent to an activating group) is 1. The van der Waals surface area contributed by atoms with Gasteiger partial charge in [0, 0.05) is 24.8 Å². The predicted molar refractivity (Wildman–Crippen MR) is 89.2 cm³/mol. The Morgan fingerprint density at radius 2 is 1.86 bits per heavy atom. The van der Waals surface area contributed by atoms with E-state index < -0.39 is 10.3 Å². The van der Waals surface area contributed by atoms with Crippen molar-refractivity contribution in [3.8, 4) is 0 Å². The van der Waals surface area contributed by atoms with Crippen molar-refractivity contribution in [1.82, 2.24) is 4.72 Å². The topological polar surface area (TPSA) is 58.6 Å². The lowest BCUT2D eigenvalue weighted by molar-refractivity contribution is 0.304. The lowest BCUT2D eigenvalue weighted by atomic mass is 9.96. The van der Waals surface area contributed by atoms with Gasteiger partial charge >= 0.3 is 10.3 Å². The molecule has 0 radical (unpaired) electrons. The molecule has 0 aromatic heterocycles. The number of anilines is 1. The number of hydrogen-bond acceptors (Lipinski definition) is 4. The lowest BCUT2D eigenvalue weighted by Crippen LogP contribution is -2.38. The summed E-state index contributed by atoms with van der Waals surface area (Å²) in [4.78, 5) is 2.09. The third kappa shape index (κ3) is 5.59. The molecule has 0 bridgehead atoms. The Kier molecular flexibility index (Phi) is 6.67. The second kappa shape index (κ2) is 8.50. The molecule has 2 rings (SSSR count). The molecule has 1 saturated carbocycles. The number of nitrogens with zero attached hydrogens (tertiary/aromatic N) is 1. The molecule has 6 heteroatoms. The highest BCUT2D eigenvalue weighted by atomic mass is 32.2. The minimum atomic E-state index is -3.64. The predicted octanol–water partition coefficient (Wildman–Crippen LogP) is 2.70. The molecule has 1 aromatic rings. The van der Waals surface area contributed by atoms with Crippen LogP contribution in [0.25, 0.3) is 0 Å². The molecule has 1 fully saturated rings. The summed E-state index contributed by atoms with van der Waals surface area (Å²) >= 11 is 0. The standard InChI is InChI=1S/C16H26N2O3S/c1-2-18(16-11-7-4-8-12-16)13-14-21-22(19,20)17-15-9-5-3-6-10-15/h4,7-8,11-12,15,17H,2-3,5-6,9-10,13-14H2,1H3. The first-order chi connectivity index (χ1) is 10.6. The van der Waals surface area contributed by atoms with Crippen LogP contribution >= 0.6 is 0 Å². The molecule has 1 aromatic carbocycles. The fraction of sp³-hybridized carbons (Fsp3) is 0.625. The fourth-order valence-electron chi connectivity index (χ4n) is 2.82. The minimum Gasteiger partial charge on any atom is -0.369 e. The first kappa shape index (κ1) is 17.2. The van der Waals surface area contributed by atoms with Gasteiger partial charge in [-0.3, -0.25) is 4.18 Å². The van der Waals surface area contributed by atoms with Crippen molar-refractivity contribution in [1.29, 1.82) is 0 Å². The van der Waals surface area contributed by atoms with E-state index in [1.165, 1.54) is 6.42 Å². The van der Waals surface area contributed by atoms with Crippen LogP contribution in [0.15, 0.2) is 30.3 Å². The Labute approximate surface area is 133 Å². The first-order valence-electron chi connectivity index (χ1n) is 8.07. The van der Waals surface area contributed by atoms with E-state index in [-0.39, 0.29) is 12.6 Å². The molecule has 1 aliphatic rings. The molecule has 0 spiro atoms. The maximum atomic E-state index is 12.0. The van der Waals surface area contributed by atoms with Crippen molar-refractivity contribution >= 4 is 16.0 Å². The van der Waals surface area contributed by atoms with E-state index in [1.54, 1.807) is 0 Å². The van der Waals surface area contributed by atoms with Crippen LogP contribution in [-0.4, -0.2) is 34.2 Å². The fourth-order valence-corrected chi connectivity index (χ4v) is 3.83. The van der Waals surface area contributed by atoms with Gasteiger partial charge in [0.25, 0.3) is 0 Å². The van der Waals surface area contributed by atoms with Gasteiger partial charge in [0.15, 0.2) is 0 Å². The third-order valence-corrected chi connectivity index (χ3v) is 5.12. The van der Waals surface area contributed by atoms with Gasteiger partial charge in [-0.25, -0.2) is 0 Å². The Morgan fingerprint density at radius 1 is 1.18 bits per heavy atom. The molecule has 0 aliphatic heterocycles. The average molecular weight is 326 g/mol. The average Bonchev–Trinajstić information content (AvgIpc) is 2.53. The van der Waals surface area contributed by atoms with Crippen LogP contribution in [0.3, 0.4) is 0 Å². The Bertz CT molecular complexity index is 528. The maximum Gasteiger partial charge on any atom is 0.336 e. The normalized spacial score (nSPS) is 16.6. The number of rotatable bonds is 8. The molecule has 5 nitrogen and oxygen atoms in total. The van der Waals surface area contributed by atoms with Gasteiger partial charge in [-0.2, -0.15) is 13.1 Å². The highest BCUT2D eigenvalue weighted by Gasteiger charge is 2.20. The SMILES string of the molecule is CCN(CCOS(=O)(=O)NC1CCCCC1)c1ccccc1. The molecule has 0 amide bonds. The van der Waals surface area contributed by atoms with Crippen LogP contribution in [0.1, 0.15) is 39.0 Å². The van der Waals surface area contributed by atoms with Gasteiger partial charge in [0.05, 0.1) is 6.61 Å². The van der Waals surface area contributed by atoms with E-state index in [9.17, 15) is 8.42 Å². The van der Waals surface area contributed by atoms with Gasteiger partial charge in [0.2, 0.25) is 0 Å². The highest BCUT2D eigenvalue weighted by molar-refractivity contribution is 7.84. The zero-order valence-electron chi connectivity index (χ0n) is 13.2. The van der Waals surface area contributed by atoms with Crippen molar-refractivity contribution in [3.63, 3.8) is 0 Å². The van der Waals surface area contributed by atoms with Crippen molar-refractivity contribution in [2.45, 2.75) is 45.1 Å². The summed E-state index contributed by atoms with van der Waals surface area (Å²) in [7, 11) is -3.64. The number of benzene rings is 1. The van der Waals surface area contributed by atoms with Gasteiger partial charge < -0.3 is 4.90 Å². The van der Waals surface area contributed by atoms with Crippen molar-refractivity contribution < 1.29 is 12.6 Å². The van der Waals surface area contributed by atoms with E-state index in [0.29, 0.717) is 6.54 Å². The van der Waals surface area contributed by atoms with Crippen molar-refractivity contribution in [3.05, 3.63) is 30.3 Å². The van der Waals surface area contributed by atoms with E-state index in [4.69, 9.17) is 4.18 Å². The smallest absolute Gasteiger partial charge is 0.336 e. The number of hydrogen-bond donors (Lipinski definition) is 1. The molecule has 22 heavy (non-hydrogen) atoms. The molecule has 0 atom stereocenters. The van der Waals surface area contributed by atoms with Gasteiger partial charge in [-0.15, -0.1) is 0 Å². The molecule has 0 heterocycles. The molecule has 124 valence electrons. The summed E-state index contributed by atoms with van der Waals surface area (Å²) in [6, 6.07) is 9.97. The van der Waals surface area contributed by atoms with Crippen molar-refractivity contribution in [2.24, 2.45) is 0 Å². The monoisotopic (exact) mass is 326 g/mol. The zero-order valence-corrected chi connectivity index (χ0v) is 14.0. The maximum absolute atomic E-state index is 12.0. The highest BCUT2D eigenvalue weighted by Crippen LogP contribution is 2.18. The Balaban J connectivity index is 1.78. The van der Waals surface area contributed by atoms with E-state index in [2.05, 4.69) is 9.62 Å². The van der Waals surface area contributed by atoms with Crippen molar-refractivity contribution in [2.75, 3.05) is 24.6 Å². The molecule has 1 N–H and O–H groups in total. The summed E-state index contributed by atoms with van der Waals surface area (Å²) in [5.41, 5.74) is 1.08. The Morgan fingerprint density at radius 3 is 2.50 bits per heavy atom. The van der Waals surface area contributed by atoms with Crippen LogP contribution < -0.4 is 9.62 Å². The van der Waals surface area contributed by atoms with Crippen LogP contribution in [0.4, 0.5) is 5.69 Å². The van der Waals surface area contributed by atoms with E-state index in [1.807, 2.05) is 37.3 Å². The molecule has 0 unspecified atom stereocenters. The van der Waals surface area contributed by atoms with Crippen LogP contribution in [0.2, 0.25) is 0 Å². The quantitative estimate of drug-likeness (QED) is 0.798. The summed E-state index contributed by atoms with van der Waals surface area (Å²) < 4.78 is 31.7. The summed E-state index contributed by atoms with van der Waals surface area (Å²) in [6.45, 7) is 3.56. The van der Waals surface area contributed by atoms with E-state index >= 15 is 0 Å². The lowest BCUT2D eigenvalue weighted by Gasteiger charge is -2.24. The molecular formula is C16H26N2O3S. The molecule has 1 aliphatic carbocycles. The van der Waals surface area contributed by atoms with Crippen LogP contribution in [0, 0.1) is 0 Å². The molecule has 0 saturated heterocycles. The zero-order chi connectivity index (χ0) is 15.8. The third-order valence-electron chi connectivity index (χ3n) is 4.02. The first-order valence-corrected chi connectivity index (χ1v) is 9.48. The van der Waals surface area contributed by atoms with Crippen LogP contribution in [-0.2, 0) is 14.5 Å². The second-order valence-electron chi connectivity index (χ2n) is 5.64. The largest absolute Gasteiger partial charge is 0.369 e. The van der Waals surface area contributed by atoms with Gasteiger partial charge in [0.1, 0.15) is 0 Å². The minimum absolute atomic E-state index is 0.0372. The summed E-state index contributed by atoms with van der Waals surface area (Å²) in [5.74, 6) is 0. The van der Waals surface area contributed by atoms with E-state index in [0.717, 1.165) is 37.9 Å². The molecular weight excluding hydrogens is 300 g/mol. The van der Waals surface area contributed by atoms with Gasteiger partial charge in [-0.1, -0.05) is 37.5 Å². The Hall–Kier alpha value is -1.11. The number of nitrogens with one attached hydrogen (secondary N) is 1. The van der Waals surface area contributed by atoms with Gasteiger partial charge in [-0.05, 0) is 31.9 Å².